The highest BCUT2D eigenvalue weighted by Gasteiger charge is 2.26. The predicted octanol–water partition coefficient (Wildman–Crippen LogP) is 5.75. The fourth-order valence-electron chi connectivity index (χ4n) is 4.82. The number of rotatable bonds is 12. The molecule has 0 fully saturated rings. The van der Waals surface area contributed by atoms with E-state index >= 15 is 0 Å². The van der Waals surface area contributed by atoms with Gasteiger partial charge in [-0.25, -0.2) is 9.59 Å². The van der Waals surface area contributed by atoms with Crippen LogP contribution in [-0.2, 0) is 29.0 Å². The summed E-state index contributed by atoms with van der Waals surface area (Å²) in [4.78, 5) is 25.5. The minimum atomic E-state index is -0.963. The van der Waals surface area contributed by atoms with Gasteiger partial charge < -0.3 is 14.6 Å². The van der Waals surface area contributed by atoms with Crippen molar-refractivity contribution >= 4 is 5.97 Å². The van der Waals surface area contributed by atoms with Gasteiger partial charge in [-0.2, -0.15) is 0 Å². The number of hydrogen-bond donors (Lipinski definition) is 1. The molecule has 7 nitrogen and oxygen atoms in total. The summed E-state index contributed by atoms with van der Waals surface area (Å²) < 4.78 is 14.9. The van der Waals surface area contributed by atoms with Gasteiger partial charge in [-0.15, -0.1) is 0 Å². The van der Waals surface area contributed by atoms with Crippen LogP contribution in [0.5, 0.6) is 0 Å². The molecular formula is C31H34N2O5. The normalized spacial score (nSPS) is 11.3. The maximum absolute atomic E-state index is 13.9. The lowest BCUT2D eigenvalue weighted by molar-refractivity contribution is -0.111. The average Bonchev–Trinajstić information content (AvgIpc) is 3.19. The summed E-state index contributed by atoms with van der Waals surface area (Å²) in [5.41, 5.74) is 5.21. The number of aromatic carboxylic acids is 1. The number of carboxylic acid groups (broad SMARTS) is 1. The third-order valence-corrected chi connectivity index (χ3v) is 6.74. The molecule has 7 heteroatoms. The number of carboxylic acids is 1. The van der Waals surface area contributed by atoms with Crippen molar-refractivity contribution in [3.8, 4) is 11.1 Å². The second kappa shape index (κ2) is 12.5. The summed E-state index contributed by atoms with van der Waals surface area (Å²) in [6.07, 6.45) is 1.96. The topological polar surface area (TPSA) is 82.7 Å². The first-order valence-corrected chi connectivity index (χ1v) is 12.8. The van der Waals surface area contributed by atoms with Crippen LogP contribution in [0.2, 0.25) is 0 Å². The molecule has 0 saturated carbocycles. The highest BCUT2D eigenvalue weighted by molar-refractivity contribution is 5.95. The highest BCUT2D eigenvalue weighted by Crippen LogP contribution is 2.27. The zero-order valence-electron chi connectivity index (χ0n) is 22.1. The summed E-state index contributed by atoms with van der Waals surface area (Å²) in [5.74, 6) is -0.963. The van der Waals surface area contributed by atoms with E-state index in [0.717, 1.165) is 47.3 Å². The van der Waals surface area contributed by atoms with E-state index in [1.807, 2.05) is 65.2 Å². The van der Waals surface area contributed by atoms with E-state index in [0.29, 0.717) is 18.7 Å². The second-order valence-electron chi connectivity index (χ2n) is 9.23. The lowest BCUT2D eigenvalue weighted by Crippen LogP contribution is -2.27. The third kappa shape index (κ3) is 5.79. The molecule has 0 aliphatic carbocycles. The molecule has 0 atom stereocenters. The van der Waals surface area contributed by atoms with E-state index < -0.39 is 12.3 Å². The molecule has 0 aliphatic rings. The van der Waals surface area contributed by atoms with Gasteiger partial charge in [-0.05, 0) is 41.2 Å². The summed E-state index contributed by atoms with van der Waals surface area (Å²) >= 11 is 0. The lowest BCUT2D eigenvalue weighted by Gasteiger charge is -2.18. The number of imidazole rings is 1. The van der Waals surface area contributed by atoms with Crippen LogP contribution in [0.4, 0.5) is 0 Å². The minimum Gasteiger partial charge on any atom is -0.478 e. The first kappa shape index (κ1) is 27.1. The van der Waals surface area contributed by atoms with E-state index in [2.05, 4.69) is 6.92 Å². The Balaban J connectivity index is 1.76. The van der Waals surface area contributed by atoms with Gasteiger partial charge in [-0.1, -0.05) is 86.1 Å². The Morgan fingerprint density at radius 1 is 0.842 bits per heavy atom. The predicted molar refractivity (Wildman–Crippen MR) is 148 cm³/mol. The second-order valence-corrected chi connectivity index (χ2v) is 9.23. The maximum atomic E-state index is 13.9. The van der Waals surface area contributed by atoms with Crippen molar-refractivity contribution in [3.63, 3.8) is 0 Å². The van der Waals surface area contributed by atoms with Crippen molar-refractivity contribution in [3.05, 3.63) is 117 Å². The first-order chi connectivity index (χ1) is 18.5. The zero-order chi connectivity index (χ0) is 27.1. The van der Waals surface area contributed by atoms with Crippen LogP contribution in [0, 0.1) is 0 Å². The summed E-state index contributed by atoms with van der Waals surface area (Å²) in [7, 11) is 3.17. The standard InChI is InChI=1S/C31H34N2O5/c1-4-5-15-27-28(30(37-2)38-3)33(21-22-11-7-6-8-12-22)31(36)32(27)20-23-16-18-24(19-17-23)25-13-9-10-14-26(25)29(34)35/h6-14,16-19,30H,4-5,15,20-21H2,1-3H3,(H,34,35). The summed E-state index contributed by atoms with van der Waals surface area (Å²) in [6.45, 7) is 2.92. The highest BCUT2D eigenvalue weighted by atomic mass is 16.7. The van der Waals surface area contributed by atoms with Crippen molar-refractivity contribution in [1.29, 1.82) is 0 Å². The van der Waals surface area contributed by atoms with Gasteiger partial charge in [0.25, 0.3) is 0 Å². The number of methoxy groups -OCH3 is 2. The van der Waals surface area contributed by atoms with Crippen LogP contribution in [0.3, 0.4) is 0 Å². The molecule has 0 spiro atoms. The number of unbranched alkanes of at least 4 members (excludes halogenated alkanes) is 1. The van der Waals surface area contributed by atoms with E-state index in [1.165, 1.54) is 0 Å². The molecule has 0 radical (unpaired) electrons. The molecule has 38 heavy (non-hydrogen) atoms. The van der Waals surface area contributed by atoms with Gasteiger partial charge in [0.05, 0.1) is 24.3 Å². The zero-order valence-corrected chi connectivity index (χ0v) is 22.1. The molecule has 3 aromatic carbocycles. The largest absolute Gasteiger partial charge is 0.478 e. The first-order valence-electron chi connectivity index (χ1n) is 12.8. The average molecular weight is 515 g/mol. The number of aromatic nitrogens is 2. The smallest absolute Gasteiger partial charge is 0.336 e. The minimum absolute atomic E-state index is 0.116. The molecule has 0 saturated heterocycles. The Labute approximate surface area is 222 Å². The van der Waals surface area contributed by atoms with Crippen LogP contribution < -0.4 is 5.69 Å². The number of nitrogens with zero attached hydrogens (tertiary/aromatic N) is 2. The molecule has 1 N–H and O–H groups in total. The van der Waals surface area contributed by atoms with Crippen molar-refractivity contribution in [2.24, 2.45) is 0 Å². The molecule has 0 unspecified atom stereocenters. The van der Waals surface area contributed by atoms with Gasteiger partial charge in [0, 0.05) is 19.9 Å². The van der Waals surface area contributed by atoms with Gasteiger partial charge in [0.1, 0.15) is 0 Å². The Morgan fingerprint density at radius 3 is 2.08 bits per heavy atom. The SMILES string of the molecule is CCCCc1c(C(OC)OC)n(Cc2ccccc2)c(=O)n1Cc1ccc(-c2ccccc2C(=O)O)cc1. The Kier molecular flexibility index (Phi) is 8.94. The number of carbonyl (C=O) groups is 1. The number of hydrogen-bond acceptors (Lipinski definition) is 4. The quantitative estimate of drug-likeness (QED) is 0.244. The van der Waals surface area contributed by atoms with Gasteiger partial charge in [0.15, 0.2) is 6.29 Å². The molecule has 4 rings (SSSR count). The van der Waals surface area contributed by atoms with Crippen molar-refractivity contribution in [1.82, 2.24) is 9.13 Å². The van der Waals surface area contributed by atoms with Gasteiger partial charge >= 0.3 is 11.7 Å². The summed E-state index contributed by atoms with van der Waals surface area (Å²) in [5, 5.41) is 9.57. The molecular weight excluding hydrogens is 480 g/mol. The van der Waals surface area contributed by atoms with E-state index in [1.54, 1.807) is 37.0 Å². The Bertz CT molecular complexity index is 1420. The Morgan fingerprint density at radius 2 is 1.45 bits per heavy atom. The molecule has 0 bridgehead atoms. The van der Waals surface area contributed by atoms with Crippen LogP contribution in [0.25, 0.3) is 11.1 Å². The fourth-order valence-corrected chi connectivity index (χ4v) is 4.82. The fraction of sp³-hybridized carbons (Fsp3) is 0.290. The van der Waals surface area contributed by atoms with Crippen LogP contribution in [-0.4, -0.2) is 34.4 Å². The van der Waals surface area contributed by atoms with Crippen LogP contribution >= 0.6 is 0 Å². The van der Waals surface area contributed by atoms with E-state index in [-0.39, 0.29) is 11.3 Å². The molecule has 1 aromatic heterocycles. The van der Waals surface area contributed by atoms with Gasteiger partial charge in [-0.3, -0.25) is 9.13 Å². The molecule has 1 heterocycles. The monoisotopic (exact) mass is 514 g/mol. The van der Waals surface area contributed by atoms with E-state index in [4.69, 9.17) is 9.47 Å². The summed E-state index contributed by atoms with van der Waals surface area (Å²) in [6, 6.07) is 24.5. The van der Waals surface area contributed by atoms with E-state index in [9.17, 15) is 14.7 Å². The maximum Gasteiger partial charge on any atom is 0.336 e. The Hall–Kier alpha value is -3.94. The molecule has 0 aliphatic heterocycles. The van der Waals surface area contributed by atoms with Crippen molar-refractivity contribution in [2.45, 2.75) is 45.6 Å². The van der Waals surface area contributed by atoms with Gasteiger partial charge in [0.2, 0.25) is 0 Å². The van der Waals surface area contributed by atoms with Crippen molar-refractivity contribution < 1.29 is 19.4 Å². The third-order valence-electron chi connectivity index (χ3n) is 6.74. The molecule has 4 aromatic rings. The number of ether oxygens (including phenoxy) is 2. The van der Waals surface area contributed by atoms with Crippen LogP contribution in [0.1, 0.15) is 58.9 Å². The van der Waals surface area contributed by atoms with Crippen molar-refractivity contribution in [2.75, 3.05) is 14.2 Å². The molecule has 198 valence electrons. The number of benzene rings is 3. The molecule has 0 amide bonds. The van der Waals surface area contributed by atoms with Crippen LogP contribution in [0.15, 0.2) is 83.7 Å². The lowest BCUT2D eigenvalue weighted by atomic mass is 9.98.